The van der Waals surface area contributed by atoms with Gasteiger partial charge in [0, 0.05) is 18.7 Å². The molecule has 3 rings (SSSR count). The molecule has 1 aliphatic rings. The second-order valence-corrected chi connectivity index (χ2v) is 8.23. The van der Waals surface area contributed by atoms with Gasteiger partial charge in [-0.05, 0) is 44.6 Å². The van der Waals surface area contributed by atoms with E-state index in [9.17, 15) is 14.7 Å². The highest BCUT2D eigenvalue weighted by Gasteiger charge is 2.46. The van der Waals surface area contributed by atoms with Gasteiger partial charge in [0.2, 0.25) is 0 Å². The molecule has 0 spiro atoms. The van der Waals surface area contributed by atoms with Crippen molar-refractivity contribution in [2.24, 2.45) is 0 Å². The van der Waals surface area contributed by atoms with Crippen LogP contribution in [-0.2, 0) is 9.59 Å². The van der Waals surface area contributed by atoms with Crippen molar-refractivity contribution in [3.05, 3.63) is 64.7 Å². The fraction of sp³-hybridized carbons (Fsp3) is 0.407. The topological polar surface area (TPSA) is 79.3 Å². The molecule has 0 saturated carbocycles. The number of ketones is 1. The number of likely N-dealkylation sites (tertiary alicyclic amines) is 1. The average molecular weight is 467 g/mol. The van der Waals surface area contributed by atoms with Crippen LogP contribution in [0.5, 0.6) is 11.5 Å². The van der Waals surface area contributed by atoms with Crippen molar-refractivity contribution in [3.8, 4) is 11.5 Å². The molecular formula is C27H34N2O5. The number of carbonyl (C=O) groups is 2. The van der Waals surface area contributed by atoms with Crippen LogP contribution >= 0.6 is 0 Å². The second kappa shape index (κ2) is 11.2. The molecule has 34 heavy (non-hydrogen) atoms. The normalized spacial score (nSPS) is 17.5. The van der Waals surface area contributed by atoms with Crippen LogP contribution in [0.25, 0.3) is 5.76 Å². The van der Waals surface area contributed by atoms with Crippen molar-refractivity contribution < 1.29 is 24.2 Å². The number of benzene rings is 2. The Morgan fingerprint density at radius 3 is 2.29 bits per heavy atom. The lowest BCUT2D eigenvalue weighted by Gasteiger charge is -2.28. The van der Waals surface area contributed by atoms with Gasteiger partial charge in [0.15, 0.2) is 11.5 Å². The van der Waals surface area contributed by atoms with Crippen LogP contribution in [0.1, 0.15) is 43.5 Å². The van der Waals surface area contributed by atoms with Crippen LogP contribution in [-0.4, -0.2) is 66.5 Å². The number of rotatable bonds is 10. The minimum Gasteiger partial charge on any atom is -0.507 e. The van der Waals surface area contributed by atoms with E-state index in [4.69, 9.17) is 9.47 Å². The van der Waals surface area contributed by atoms with Crippen molar-refractivity contribution in [2.45, 2.75) is 33.7 Å². The van der Waals surface area contributed by atoms with Gasteiger partial charge in [0.05, 0.1) is 25.3 Å². The van der Waals surface area contributed by atoms with E-state index in [2.05, 4.69) is 18.7 Å². The highest BCUT2D eigenvalue weighted by atomic mass is 16.5. The smallest absolute Gasteiger partial charge is 0.295 e. The summed E-state index contributed by atoms with van der Waals surface area (Å²) >= 11 is 0. The van der Waals surface area contributed by atoms with E-state index in [-0.39, 0.29) is 11.3 Å². The molecule has 0 radical (unpaired) electrons. The Balaban J connectivity index is 2.14. The van der Waals surface area contributed by atoms with Crippen LogP contribution in [0.15, 0.2) is 48.0 Å². The monoisotopic (exact) mass is 466 g/mol. The lowest BCUT2D eigenvalue weighted by atomic mass is 9.94. The van der Waals surface area contributed by atoms with E-state index < -0.39 is 17.7 Å². The van der Waals surface area contributed by atoms with E-state index in [0.29, 0.717) is 42.3 Å². The highest BCUT2D eigenvalue weighted by molar-refractivity contribution is 6.46. The van der Waals surface area contributed by atoms with Gasteiger partial charge in [-0.3, -0.25) is 9.59 Å². The predicted molar refractivity (Wildman–Crippen MR) is 132 cm³/mol. The number of amides is 1. The zero-order valence-electron chi connectivity index (χ0n) is 20.6. The zero-order chi connectivity index (χ0) is 24.8. The minimum absolute atomic E-state index is 0.0830. The first-order chi connectivity index (χ1) is 16.4. The van der Waals surface area contributed by atoms with Crippen molar-refractivity contribution >= 4 is 17.4 Å². The van der Waals surface area contributed by atoms with Gasteiger partial charge in [-0.25, -0.2) is 0 Å². The molecule has 1 heterocycles. The Morgan fingerprint density at radius 2 is 1.71 bits per heavy atom. The van der Waals surface area contributed by atoms with Gasteiger partial charge in [-0.2, -0.15) is 0 Å². The molecule has 2 aromatic rings. The first-order valence-corrected chi connectivity index (χ1v) is 11.7. The van der Waals surface area contributed by atoms with Crippen LogP contribution in [0.3, 0.4) is 0 Å². The SMILES string of the molecule is CCOc1ccc([C@@H]2C(=C(O)c3ccc(C)cc3)C(=O)C(=O)N2CCN(CC)CC)cc1OC. The van der Waals surface area contributed by atoms with Crippen LogP contribution in [0, 0.1) is 6.92 Å². The molecule has 7 nitrogen and oxygen atoms in total. The number of Topliss-reactive ketones (excluding diaryl/α,β-unsaturated/α-hetero) is 1. The van der Waals surface area contributed by atoms with Crippen LogP contribution in [0.2, 0.25) is 0 Å². The summed E-state index contributed by atoms with van der Waals surface area (Å²) in [5.74, 6) is -0.396. The average Bonchev–Trinajstić information content (AvgIpc) is 3.10. The third-order valence-electron chi connectivity index (χ3n) is 6.22. The van der Waals surface area contributed by atoms with Crippen molar-refractivity contribution in [2.75, 3.05) is 39.9 Å². The number of likely N-dealkylation sites (N-methyl/N-ethyl adjacent to an activating group) is 1. The molecular weight excluding hydrogens is 432 g/mol. The highest BCUT2D eigenvalue weighted by Crippen LogP contribution is 2.41. The lowest BCUT2D eigenvalue weighted by Crippen LogP contribution is -2.38. The maximum Gasteiger partial charge on any atom is 0.295 e. The Labute approximate surface area is 201 Å². The second-order valence-electron chi connectivity index (χ2n) is 8.23. The number of aliphatic hydroxyl groups excluding tert-OH is 1. The van der Waals surface area contributed by atoms with Crippen LogP contribution < -0.4 is 9.47 Å². The molecule has 1 saturated heterocycles. The number of carbonyl (C=O) groups excluding carboxylic acids is 2. The zero-order valence-corrected chi connectivity index (χ0v) is 20.6. The summed E-state index contributed by atoms with van der Waals surface area (Å²) in [5.41, 5.74) is 2.28. The van der Waals surface area contributed by atoms with Crippen LogP contribution in [0.4, 0.5) is 0 Å². The summed E-state index contributed by atoms with van der Waals surface area (Å²) in [7, 11) is 1.55. The third kappa shape index (κ3) is 5.09. The van der Waals surface area contributed by atoms with Gasteiger partial charge in [0.25, 0.3) is 11.7 Å². The number of ether oxygens (including phenoxy) is 2. The molecule has 1 aliphatic heterocycles. The summed E-state index contributed by atoms with van der Waals surface area (Å²) < 4.78 is 11.2. The van der Waals surface area contributed by atoms with Gasteiger partial charge < -0.3 is 24.4 Å². The quantitative estimate of drug-likeness (QED) is 0.322. The predicted octanol–water partition coefficient (Wildman–Crippen LogP) is 4.17. The molecule has 2 aromatic carbocycles. The Morgan fingerprint density at radius 1 is 1.03 bits per heavy atom. The van der Waals surface area contributed by atoms with Crippen molar-refractivity contribution in [3.63, 3.8) is 0 Å². The Hall–Kier alpha value is -3.32. The van der Waals surface area contributed by atoms with E-state index in [1.165, 1.54) is 0 Å². The van der Waals surface area contributed by atoms with E-state index >= 15 is 0 Å². The minimum atomic E-state index is -0.735. The van der Waals surface area contributed by atoms with Gasteiger partial charge in [-0.1, -0.05) is 49.7 Å². The molecule has 0 bridgehead atoms. The fourth-order valence-electron chi connectivity index (χ4n) is 4.24. The summed E-state index contributed by atoms with van der Waals surface area (Å²) in [4.78, 5) is 30.1. The number of hydrogen-bond acceptors (Lipinski definition) is 6. The summed E-state index contributed by atoms with van der Waals surface area (Å²) in [6.45, 7) is 11.1. The number of methoxy groups -OCH3 is 1. The Bertz CT molecular complexity index is 1060. The number of aliphatic hydroxyl groups is 1. The first kappa shape index (κ1) is 25.3. The third-order valence-corrected chi connectivity index (χ3v) is 6.22. The number of nitrogens with zero attached hydrogens (tertiary/aromatic N) is 2. The van der Waals surface area contributed by atoms with E-state index in [1.807, 2.05) is 32.0 Å². The standard InChI is InChI=1S/C27H34N2O5/c1-6-28(7-2)15-16-29-24(20-13-14-21(34-8-3)22(17-20)33-5)23(26(31)27(29)32)25(30)19-11-9-18(4)10-12-19/h9-14,17,24,30H,6-8,15-16H2,1-5H3/t24-/m1/s1. The lowest BCUT2D eigenvalue weighted by molar-refractivity contribution is -0.140. The molecule has 1 atom stereocenters. The van der Waals surface area contributed by atoms with Gasteiger partial charge in [-0.15, -0.1) is 0 Å². The number of aryl methyl sites for hydroxylation is 1. The van der Waals surface area contributed by atoms with Crippen molar-refractivity contribution in [1.82, 2.24) is 9.80 Å². The molecule has 7 heteroatoms. The van der Waals surface area contributed by atoms with Gasteiger partial charge >= 0.3 is 0 Å². The molecule has 0 aromatic heterocycles. The fourth-order valence-corrected chi connectivity index (χ4v) is 4.24. The Kier molecular flexibility index (Phi) is 8.34. The summed E-state index contributed by atoms with van der Waals surface area (Å²) in [5, 5.41) is 11.2. The maximum atomic E-state index is 13.2. The van der Waals surface area contributed by atoms with E-state index in [1.54, 1.807) is 36.3 Å². The summed E-state index contributed by atoms with van der Waals surface area (Å²) in [6, 6.07) is 11.9. The molecule has 0 aliphatic carbocycles. The van der Waals surface area contributed by atoms with Crippen molar-refractivity contribution in [1.29, 1.82) is 0 Å². The molecule has 182 valence electrons. The van der Waals surface area contributed by atoms with Gasteiger partial charge in [0.1, 0.15) is 5.76 Å². The first-order valence-electron chi connectivity index (χ1n) is 11.7. The molecule has 1 fully saturated rings. The molecule has 0 unspecified atom stereocenters. The number of hydrogen-bond donors (Lipinski definition) is 1. The molecule has 1 amide bonds. The van der Waals surface area contributed by atoms with E-state index in [0.717, 1.165) is 18.7 Å². The maximum absolute atomic E-state index is 13.2. The summed E-state index contributed by atoms with van der Waals surface area (Å²) in [6.07, 6.45) is 0. The molecule has 1 N–H and O–H groups in total. The largest absolute Gasteiger partial charge is 0.507 e.